The maximum absolute atomic E-state index is 13.1. The maximum Gasteiger partial charge on any atom is 0.317 e. The van der Waals surface area contributed by atoms with Crippen LogP contribution in [0.2, 0.25) is 0 Å². The molecule has 3 rings (SSSR count). The molecule has 12 nitrogen and oxygen atoms in total. The number of hydrogen-bond donors (Lipinski definition) is 3. The van der Waals surface area contributed by atoms with Crippen molar-refractivity contribution >= 4 is 23.5 Å². The third kappa shape index (κ3) is 15.6. The predicted molar refractivity (Wildman–Crippen MR) is 184 cm³/mol. The Hall–Kier alpha value is -3.52. The normalized spacial score (nSPS) is 16.9. The molecule has 0 bridgehead atoms. The molecule has 2 aromatic rings. The number of ketones is 2. The number of nitrogens with zero attached hydrogens (tertiary/aromatic N) is 4. The second kappa shape index (κ2) is 21.5. The number of likely N-dealkylation sites (N-methyl/N-ethyl adjacent to an activating group) is 1. The molecule has 1 aliphatic rings. The molecule has 0 aromatic heterocycles. The van der Waals surface area contributed by atoms with Gasteiger partial charge < -0.3 is 25.6 Å². The lowest BCUT2D eigenvalue weighted by Gasteiger charge is -2.33. The van der Waals surface area contributed by atoms with Crippen molar-refractivity contribution in [3.8, 4) is 0 Å². The van der Waals surface area contributed by atoms with Crippen LogP contribution in [0.1, 0.15) is 36.5 Å². The van der Waals surface area contributed by atoms with Crippen LogP contribution < -0.4 is 5.73 Å². The van der Waals surface area contributed by atoms with Gasteiger partial charge in [0.15, 0.2) is 5.78 Å². The van der Waals surface area contributed by atoms with E-state index in [0.717, 1.165) is 29.7 Å². The molecule has 0 unspecified atom stereocenters. The van der Waals surface area contributed by atoms with Crippen molar-refractivity contribution in [1.82, 2.24) is 19.6 Å². The number of Topliss-reactive ketones (excluding diaryl/α,β-unsaturated/α-hetero) is 2. The molecule has 0 radical (unpaired) electrons. The number of carbonyl (C=O) groups excluding carboxylic acids is 2. The summed E-state index contributed by atoms with van der Waals surface area (Å²) in [6.07, 6.45) is 2.24. The number of carboxylic acids is 2. The van der Waals surface area contributed by atoms with E-state index in [2.05, 4.69) is 4.90 Å². The summed E-state index contributed by atoms with van der Waals surface area (Å²) in [5, 5.41) is 18.9. The SMILES string of the molecule is CCN1CCN(CC(=O)O)CCN(CC(=O)CCc2ccc(COCC(=O)[C@H](N)CCc3ccccc3)cc2)CCN(CC(=O)O)CC1. The van der Waals surface area contributed by atoms with E-state index in [1.807, 2.05) is 76.2 Å². The summed E-state index contributed by atoms with van der Waals surface area (Å²) < 4.78 is 5.63. The monoisotopic (exact) mass is 667 g/mol. The number of ether oxygens (including phenoxy) is 1. The zero-order valence-corrected chi connectivity index (χ0v) is 28.3. The molecule has 12 heteroatoms. The standard InChI is InChI=1S/C36H53N5O7/c1-2-38-16-18-40(25-35(44)45)22-20-39(21-23-41(19-17-38)26-36(46)47)24-32(42)14-12-30-8-10-31(11-9-30)27-48-28-34(43)33(37)15-13-29-6-4-3-5-7-29/h3-11,33H,2,12-28,37H2,1H3,(H,44,45)(H,46,47)/t33-/m1/s1. The van der Waals surface area contributed by atoms with Crippen LogP contribution in [-0.2, 0) is 43.4 Å². The number of carbonyl (C=O) groups is 4. The molecular formula is C36H53N5O7. The van der Waals surface area contributed by atoms with E-state index >= 15 is 0 Å². The molecule has 4 N–H and O–H groups in total. The lowest BCUT2D eigenvalue weighted by Crippen LogP contribution is -2.48. The lowest BCUT2D eigenvalue weighted by molar-refractivity contribution is -0.139. The van der Waals surface area contributed by atoms with Gasteiger partial charge in [-0.2, -0.15) is 0 Å². The van der Waals surface area contributed by atoms with Gasteiger partial charge in [-0.3, -0.25) is 33.9 Å². The topological polar surface area (TPSA) is 157 Å². The summed E-state index contributed by atoms with van der Waals surface area (Å²) in [6.45, 7) is 7.77. The van der Waals surface area contributed by atoms with Crippen molar-refractivity contribution < 1.29 is 34.1 Å². The highest BCUT2D eigenvalue weighted by atomic mass is 16.5. The van der Waals surface area contributed by atoms with Gasteiger partial charge in [-0.1, -0.05) is 61.5 Å². The number of rotatable bonds is 18. The molecule has 0 saturated carbocycles. The van der Waals surface area contributed by atoms with Crippen molar-refractivity contribution in [2.45, 2.75) is 45.3 Å². The number of hydrogen-bond acceptors (Lipinski definition) is 10. The number of benzene rings is 2. The van der Waals surface area contributed by atoms with E-state index in [-0.39, 0.29) is 37.8 Å². The van der Waals surface area contributed by atoms with Crippen LogP contribution in [0.5, 0.6) is 0 Å². The van der Waals surface area contributed by atoms with E-state index in [1.165, 1.54) is 0 Å². The zero-order chi connectivity index (χ0) is 34.7. The minimum absolute atomic E-state index is 0.0397. The summed E-state index contributed by atoms with van der Waals surface area (Å²) in [5.74, 6) is -1.82. The minimum Gasteiger partial charge on any atom is -0.480 e. The van der Waals surface area contributed by atoms with Crippen LogP contribution in [0.4, 0.5) is 0 Å². The van der Waals surface area contributed by atoms with Crippen LogP contribution in [-0.4, -0.2) is 145 Å². The summed E-state index contributed by atoms with van der Waals surface area (Å²) in [6, 6.07) is 17.2. The zero-order valence-electron chi connectivity index (χ0n) is 28.3. The molecular weight excluding hydrogens is 614 g/mol. The van der Waals surface area contributed by atoms with Gasteiger partial charge in [0.1, 0.15) is 12.4 Å². The van der Waals surface area contributed by atoms with E-state index in [0.29, 0.717) is 78.2 Å². The summed E-state index contributed by atoms with van der Waals surface area (Å²) in [4.78, 5) is 56.5. The van der Waals surface area contributed by atoms with Crippen LogP contribution in [0.15, 0.2) is 54.6 Å². The van der Waals surface area contributed by atoms with E-state index < -0.39 is 18.0 Å². The van der Waals surface area contributed by atoms with E-state index in [1.54, 1.807) is 0 Å². The van der Waals surface area contributed by atoms with Crippen molar-refractivity contribution in [1.29, 1.82) is 0 Å². The Morgan fingerprint density at radius 3 is 1.69 bits per heavy atom. The first-order valence-corrected chi connectivity index (χ1v) is 16.9. The van der Waals surface area contributed by atoms with Crippen LogP contribution in [0.25, 0.3) is 0 Å². The van der Waals surface area contributed by atoms with Gasteiger partial charge in [0, 0.05) is 58.8 Å². The highest BCUT2D eigenvalue weighted by molar-refractivity contribution is 5.85. The molecule has 1 fully saturated rings. The van der Waals surface area contributed by atoms with Crippen LogP contribution >= 0.6 is 0 Å². The molecule has 48 heavy (non-hydrogen) atoms. The first-order chi connectivity index (χ1) is 23.1. The van der Waals surface area contributed by atoms with Gasteiger partial charge in [-0.25, -0.2) is 0 Å². The molecule has 0 spiro atoms. The number of aliphatic carboxylic acids is 2. The Morgan fingerprint density at radius 2 is 1.17 bits per heavy atom. The van der Waals surface area contributed by atoms with Gasteiger partial charge in [-0.15, -0.1) is 0 Å². The van der Waals surface area contributed by atoms with Gasteiger partial charge in [0.05, 0.1) is 32.3 Å². The average molecular weight is 668 g/mol. The summed E-state index contributed by atoms with van der Waals surface area (Å²) >= 11 is 0. The summed E-state index contributed by atoms with van der Waals surface area (Å²) in [5.41, 5.74) is 9.16. The van der Waals surface area contributed by atoms with Gasteiger partial charge >= 0.3 is 11.9 Å². The van der Waals surface area contributed by atoms with Crippen molar-refractivity contribution in [2.24, 2.45) is 5.73 Å². The number of carboxylic acid groups (broad SMARTS) is 2. The molecule has 1 heterocycles. The van der Waals surface area contributed by atoms with Gasteiger partial charge in [0.2, 0.25) is 0 Å². The van der Waals surface area contributed by atoms with E-state index in [9.17, 15) is 29.4 Å². The number of aryl methyl sites for hydroxylation is 2. The smallest absolute Gasteiger partial charge is 0.317 e. The first kappa shape index (κ1) is 38.9. The Bertz CT molecular complexity index is 1250. The van der Waals surface area contributed by atoms with Gasteiger partial charge in [-0.05, 0) is 42.5 Å². The predicted octanol–water partition coefficient (Wildman–Crippen LogP) is 1.64. The lowest BCUT2D eigenvalue weighted by atomic mass is 10.0. The minimum atomic E-state index is -0.884. The van der Waals surface area contributed by atoms with E-state index in [4.69, 9.17) is 10.5 Å². The highest BCUT2D eigenvalue weighted by Gasteiger charge is 2.20. The molecule has 2 aromatic carbocycles. The molecule has 1 aliphatic heterocycles. The maximum atomic E-state index is 13.1. The molecule has 264 valence electrons. The Labute approximate surface area is 284 Å². The summed E-state index contributed by atoms with van der Waals surface area (Å²) in [7, 11) is 0. The molecule has 0 amide bonds. The third-order valence-electron chi connectivity index (χ3n) is 8.72. The second-order valence-electron chi connectivity index (χ2n) is 12.5. The van der Waals surface area contributed by atoms with Crippen molar-refractivity contribution in [2.75, 3.05) is 85.1 Å². The fraction of sp³-hybridized carbons (Fsp3) is 0.556. The van der Waals surface area contributed by atoms with Crippen LogP contribution in [0, 0.1) is 0 Å². The Morgan fingerprint density at radius 1 is 0.688 bits per heavy atom. The fourth-order valence-electron chi connectivity index (χ4n) is 5.67. The average Bonchev–Trinajstić information content (AvgIpc) is 3.06. The first-order valence-electron chi connectivity index (χ1n) is 16.9. The fourth-order valence-corrected chi connectivity index (χ4v) is 5.67. The largest absolute Gasteiger partial charge is 0.480 e. The third-order valence-corrected chi connectivity index (χ3v) is 8.72. The molecule has 0 aliphatic carbocycles. The van der Waals surface area contributed by atoms with Crippen LogP contribution in [0.3, 0.4) is 0 Å². The van der Waals surface area contributed by atoms with Crippen molar-refractivity contribution in [3.05, 3.63) is 71.3 Å². The Balaban J connectivity index is 1.45. The van der Waals surface area contributed by atoms with Crippen molar-refractivity contribution in [3.63, 3.8) is 0 Å². The highest BCUT2D eigenvalue weighted by Crippen LogP contribution is 2.10. The Kier molecular flexibility index (Phi) is 17.4. The molecule has 1 saturated heterocycles. The molecule has 1 atom stereocenters. The quantitative estimate of drug-likeness (QED) is 0.212. The second-order valence-corrected chi connectivity index (χ2v) is 12.5. The number of nitrogens with two attached hydrogens (primary N) is 1. The van der Waals surface area contributed by atoms with Gasteiger partial charge in [0.25, 0.3) is 0 Å².